The van der Waals surface area contributed by atoms with E-state index in [0.717, 1.165) is 12.1 Å². The highest BCUT2D eigenvalue weighted by atomic mass is 16.5. The van der Waals surface area contributed by atoms with Crippen molar-refractivity contribution in [2.24, 2.45) is 5.92 Å². The fourth-order valence-corrected chi connectivity index (χ4v) is 1.47. The second-order valence-corrected chi connectivity index (χ2v) is 3.94. The number of hydrogen-bond donors (Lipinski definition) is 0. The Hall–Kier alpha value is -1.35. The predicted octanol–water partition coefficient (Wildman–Crippen LogP) is 1.74. The van der Waals surface area contributed by atoms with E-state index in [1.807, 2.05) is 26.2 Å². The highest BCUT2D eigenvalue weighted by Crippen LogP contribution is 2.22. The first kappa shape index (κ1) is 11.7. The molecule has 0 N–H and O–H groups in total. The van der Waals surface area contributed by atoms with Gasteiger partial charge in [-0.25, -0.2) is 0 Å². The maximum absolute atomic E-state index is 10.8. The third kappa shape index (κ3) is 3.72. The van der Waals surface area contributed by atoms with Crippen LogP contribution in [0.15, 0.2) is 36.1 Å². The molecule has 0 fully saturated rings. The first-order chi connectivity index (χ1) is 6.99. The predicted molar refractivity (Wildman–Crippen MR) is 60.2 cm³/mol. The lowest BCUT2D eigenvalue weighted by molar-refractivity contribution is -0.136. The molecule has 3 heteroatoms. The summed E-state index contributed by atoms with van der Waals surface area (Å²) in [6.45, 7) is 6.23. The summed E-state index contributed by atoms with van der Waals surface area (Å²) in [7, 11) is 4.01. The zero-order chi connectivity index (χ0) is 11.4. The van der Waals surface area contributed by atoms with Crippen molar-refractivity contribution in [1.82, 2.24) is 4.90 Å². The summed E-state index contributed by atoms with van der Waals surface area (Å²) in [6.07, 6.45) is 5.60. The fourth-order valence-electron chi connectivity index (χ4n) is 1.47. The summed E-state index contributed by atoms with van der Waals surface area (Å²) in [5.74, 6) is 0.545. The third-order valence-corrected chi connectivity index (χ3v) is 2.13. The highest BCUT2D eigenvalue weighted by molar-refractivity contribution is 5.68. The van der Waals surface area contributed by atoms with Gasteiger partial charge in [0.05, 0.1) is 0 Å². The molecule has 1 aliphatic rings. The monoisotopic (exact) mass is 207 g/mol. The Labute approximate surface area is 90.7 Å². The Kier molecular flexibility index (Phi) is 3.86. The minimum Gasteiger partial charge on any atom is -0.427 e. The molecule has 0 aliphatic heterocycles. The SMILES string of the molecule is C=C1C=CC(OC(C)=O)=CC1CN(C)C. The van der Waals surface area contributed by atoms with Crippen LogP contribution in [0.2, 0.25) is 0 Å². The molecule has 0 spiro atoms. The van der Waals surface area contributed by atoms with Gasteiger partial charge >= 0.3 is 5.97 Å². The van der Waals surface area contributed by atoms with Gasteiger partial charge in [0, 0.05) is 19.4 Å². The van der Waals surface area contributed by atoms with Crippen molar-refractivity contribution in [3.05, 3.63) is 36.1 Å². The first-order valence-corrected chi connectivity index (χ1v) is 4.91. The molecule has 0 bridgehead atoms. The van der Waals surface area contributed by atoms with Crippen molar-refractivity contribution < 1.29 is 9.53 Å². The summed E-state index contributed by atoms with van der Waals surface area (Å²) >= 11 is 0. The van der Waals surface area contributed by atoms with E-state index < -0.39 is 0 Å². The molecule has 15 heavy (non-hydrogen) atoms. The number of hydrogen-bond acceptors (Lipinski definition) is 3. The average molecular weight is 207 g/mol. The van der Waals surface area contributed by atoms with Crippen LogP contribution in [0.5, 0.6) is 0 Å². The van der Waals surface area contributed by atoms with E-state index in [1.165, 1.54) is 6.92 Å². The minimum absolute atomic E-state index is 0.222. The van der Waals surface area contributed by atoms with Gasteiger partial charge in [0.25, 0.3) is 0 Å². The van der Waals surface area contributed by atoms with Gasteiger partial charge in [-0.1, -0.05) is 12.7 Å². The molecule has 0 saturated carbocycles. The van der Waals surface area contributed by atoms with Gasteiger partial charge in [-0.05, 0) is 31.8 Å². The highest BCUT2D eigenvalue weighted by Gasteiger charge is 2.15. The van der Waals surface area contributed by atoms with Crippen LogP contribution in [-0.2, 0) is 9.53 Å². The normalized spacial score (nSPS) is 20.4. The van der Waals surface area contributed by atoms with Gasteiger partial charge in [0.1, 0.15) is 5.76 Å². The molecule has 0 heterocycles. The molecular weight excluding hydrogens is 190 g/mol. The van der Waals surface area contributed by atoms with Crippen molar-refractivity contribution >= 4 is 5.97 Å². The van der Waals surface area contributed by atoms with Crippen molar-refractivity contribution in [3.8, 4) is 0 Å². The van der Waals surface area contributed by atoms with Gasteiger partial charge in [-0.3, -0.25) is 4.79 Å². The van der Waals surface area contributed by atoms with E-state index in [4.69, 9.17) is 4.74 Å². The van der Waals surface area contributed by atoms with Crippen molar-refractivity contribution in [2.45, 2.75) is 6.92 Å². The zero-order valence-corrected chi connectivity index (χ0v) is 9.49. The van der Waals surface area contributed by atoms with Crippen LogP contribution in [-0.4, -0.2) is 31.5 Å². The lowest BCUT2D eigenvalue weighted by Crippen LogP contribution is -2.22. The largest absolute Gasteiger partial charge is 0.427 e. The van der Waals surface area contributed by atoms with E-state index in [1.54, 1.807) is 6.08 Å². The maximum Gasteiger partial charge on any atom is 0.308 e. The number of rotatable bonds is 3. The van der Waals surface area contributed by atoms with Gasteiger partial charge in [-0.15, -0.1) is 0 Å². The minimum atomic E-state index is -0.290. The first-order valence-electron chi connectivity index (χ1n) is 4.91. The van der Waals surface area contributed by atoms with Crippen molar-refractivity contribution in [3.63, 3.8) is 0 Å². The van der Waals surface area contributed by atoms with Gasteiger partial charge in [0.15, 0.2) is 0 Å². The molecule has 1 rings (SSSR count). The number of carbonyl (C=O) groups is 1. The molecule has 0 aromatic rings. The standard InChI is InChI=1S/C12H17NO2/c1-9-5-6-12(15-10(2)14)7-11(9)8-13(3)4/h5-7,11H,1,8H2,2-4H3. The molecule has 0 radical (unpaired) electrons. The second kappa shape index (κ2) is 4.94. The molecule has 0 aromatic heterocycles. The van der Waals surface area contributed by atoms with Crippen LogP contribution < -0.4 is 0 Å². The quantitative estimate of drug-likeness (QED) is 0.660. The molecule has 0 amide bonds. The number of nitrogens with zero attached hydrogens (tertiary/aromatic N) is 1. The lowest BCUT2D eigenvalue weighted by atomic mass is 9.95. The summed E-state index contributed by atoms with van der Waals surface area (Å²) in [5, 5.41) is 0. The summed E-state index contributed by atoms with van der Waals surface area (Å²) in [5.41, 5.74) is 1.04. The molecule has 82 valence electrons. The van der Waals surface area contributed by atoms with E-state index in [0.29, 0.717) is 5.76 Å². The van der Waals surface area contributed by atoms with Gasteiger partial charge in [0.2, 0.25) is 0 Å². The topological polar surface area (TPSA) is 29.5 Å². The molecule has 0 aromatic carbocycles. The third-order valence-electron chi connectivity index (χ3n) is 2.13. The Morgan fingerprint density at radius 3 is 2.73 bits per heavy atom. The van der Waals surface area contributed by atoms with Crippen molar-refractivity contribution in [1.29, 1.82) is 0 Å². The van der Waals surface area contributed by atoms with Gasteiger partial charge < -0.3 is 9.64 Å². The summed E-state index contributed by atoms with van der Waals surface area (Å²) in [4.78, 5) is 12.9. The van der Waals surface area contributed by atoms with E-state index in [9.17, 15) is 4.79 Å². The van der Waals surface area contributed by atoms with Crippen LogP contribution in [0.25, 0.3) is 0 Å². The summed E-state index contributed by atoms with van der Waals surface area (Å²) in [6, 6.07) is 0. The van der Waals surface area contributed by atoms with Crippen LogP contribution >= 0.6 is 0 Å². The zero-order valence-electron chi connectivity index (χ0n) is 9.49. The number of carbonyl (C=O) groups excluding carboxylic acids is 1. The molecule has 1 aliphatic carbocycles. The van der Waals surface area contributed by atoms with Gasteiger partial charge in [-0.2, -0.15) is 0 Å². The Morgan fingerprint density at radius 1 is 1.53 bits per heavy atom. The van der Waals surface area contributed by atoms with Crippen LogP contribution in [0.3, 0.4) is 0 Å². The molecule has 1 unspecified atom stereocenters. The molecule has 1 atom stereocenters. The van der Waals surface area contributed by atoms with Crippen LogP contribution in [0.4, 0.5) is 0 Å². The molecular formula is C12H17NO2. The van der Waals surface area contributed by atoms with E-state index in [2.05, 4.69) is 11.5 Å². The molecule has 0 saturated heterocycles. The van der Waals surface area contributed by atoms with Crippen LogP contribution in [0, 0.1) is 5.92 Å². The number of ether oxygens (including phenoxy) is 1. The van der Waals surface area contributed by atoms with Crippen molar-refractivity contribution in [2.75, 3.05) is 20.6 Å². The van der Waals surface area contributed by atoms with E-state index >= 15 is 0 Å². The molecule has 3 nitrogen and oxygen atoms in total. The van der Waals surface area contributed by atoms with Crippen LogP contribution in [0.1, 0.15) is 6.92 Å². The maximum atomic E-state index is 10.8. The Morgan fingerprint density at radius 2 is 2.20 bits per heavy atom. The fraction of sp³-hybridized carbons (Fsp3) is 0.417. The summed E-state index contributed by atoms with van der Waals surface area (Å²) < 4.78 is 5.03. The lowest BCUT2D eigenvalue weighted by Gasteiger charge is -2.21. The Balaban J connectivity index is 2.71. The smallest absolute Gasteiger partial charge is 0.308 e. The second-order valence-electron chi connectivity index (χ2n) is 3.94. The number of esters is 1. The Bertz CT molecular complexity index is 327. The number of allylic oxidation sites excluding steroid dienone is 2. The average Bonchev–Trinajstić information content (AvgIpc) is 2.09. The van der Waals surface area contributed by atoms with E-state index in [-0.39, 0.29) is 11.9 Å².